The van der Waals surface area contributed by atoms with Crippen LogP contribution in [0.5, 0.6) is 0 Å². The Balaban J connectivity index is 1.84. The molecule has 2 rings (SSSR count). The fourth-order valence-corrected chi connectivity index (χ4v) is 3.23. The molecule has 0 saturated heterocycles. The zero-order valence-corrected chi connectivity index (χ0v) is 16.4. The lowest BCUT2D eigenvalue weighted by molar-refractivity contribution is -0.116. The molecule has 6 nitrogen and oxygen atoms in total. The molecule has 9 heteroatoms. The van der Waals surface area contributed by atoms with Crippen LogP contribution >= 0.6 is 27.5 Å². The fraction of sp³-hybridized carbons (Fsp3) is 0.250. The number of carbonyl (C=O) groups is 1. The van der Waals surface area contributed by atoms with Gasteiger partial charge in [-0.1, -0.05) is 39.7 Å². The second-order valence-electron chi connectivity index (χ2n) is 5.24. The van der Waals surface area contributed by atoms with E-state index in [1.54, 1.807) is 12.1 Å². The number of hydrogen-bond donors (Lipinski definition) is 2. The number of halogens is 2. The summed E-state index contributed by atoms with van der Waals surface area (Å²) in [6, 6.07) is 11.0. The Morgan fingerprint density at radius 1 is 1.36 bits per heavy atom. The lowest BCUT2D eigenvalue weighted by Gasteiger charge is -2.17. The third-order valence-electron chi connectivity index (χ3n) is 3.30. The van der Waals surface area contributed by atoms with Crippen LogP contribution < -0.4 is 5.32 Å². The van der Waals surface area contributed by atoms with Gasteiger partial charge in [-0.25, -0.2) is 9.19 Å². The van der Waals surface area contributed by atoms with Crippen LogP contribution in [0.15, 0.2) is 47.1 Å². The first-order chi connectivity index (χ1) is 11.9. The maximum atomic E-state index is 12.0. The molecule has 0 fully saturated rings. The molecule has 2 N–H and O–H groups in total. The van der Waals surface area contributed by atoms with Crippen LogP contribution in [-0.2, 0) is 22.5 Å². The van der Waals surface area contributed by atoms with E-state index < -0.39 is 17.2 Å². The normalized spacial score (nSPS) is 12.2. The largest absolute Gasteiger partial charge is 0.310 e. The minimum absolute atomic E-state index is 0.202. The zero-order chi connectivity index (χ0) is 18.2. The van der Waals surface area contributed by atoms with Gasteiger partial charge >= 0.3 is 0 Å². The van der Waals surface area contributed by atoms with Crippen molar-refractivity contribution in [1.82, 2.24) is 9.29 Å². The van der Waals surface area contributed by atoms with Gasteiger partial charge in [0, 0.05) is 17.2 Å². The van der Waals surface area contributed by atoms with Gasteiger partial charge in [0.2, 0.25) is 17.2 Å². The van der Waals surface area contributed by atoms with Crippen molar-refractivity contribution in [3.63, 3.8) is 0 Å². The molecule has 1 atom stereocenters. The van der Waals surface area contributed by atoms with Crippen LogP contribution in [0.3, 0.4) is 0 Å². The molecule has 134 valence electrons. The monoisotopic (exact) mass is 445 g/mol. The number of aromatic nitrogens is 1. The van der Waals surface area contributed by atoms with Gasteiger partial charge in [-0.3, -0.25) is 9.35 Å². The zero-order valence-electron chi connectivity index (χ0n) is 13.2. The smallest absolute Gasteiger partial charge is 0.240 e. The van der Waals surface area contributed by atoms with Crippen molar-refractivity contribution in [1.29, 1.82) is 0 Å². The predicted molar refractivity (Wildman–Crippen MR) is 103 cm³/mol. The van der Waals surface area contributed by atoms with E-state index in [4.69, 9.17) is 11.6 Å². The first kappa shape index (κ1) is 20.0. The second-order valence-corrected chi connectivity index (χ2v) is 7.57. The highest BCUT2D eigenvalue weighted by molar-refractivity contribution is 9.10. The molecule has 0 saturated carbocycles. The number of benzene rings is 1. The molecule has 0 radical (unpaired) electrons. The molecule has 0 spiro atoms. The summed E-state index contributed by atoms with van der Waals surface area (Å²) in [5, 5.41) is 3.03. The molecule has 0 bridgehead atoms. The number of pyridine rings is 1. The summed E-state index contributed by atoms with van der Waals surface area (Å²) in [4.78, 5) is 16.0. The van der Waals surface area contributed by atoms with Gasteiger partial charge in [-0.05, 0) is 42.7 Å². The van der Waals surface area contributed by atoms with E-state index in [0.717, 1.165) is 16.5 Å². The lowest BCUT2D eigenvalue weighted by Crippen LogP contribution is -2.35. The number of carbonyl (C=O) groups excluding carboxylic acids is 1. The number of rotatable bonds is 8. The van der Waals surface area contributed by atoms with Crippen molar-refractivity contribution >= 4 is 50.5 Å². The summed E-state index contributed by atoms with van der Waals surface area (Å²) in [5.41, 5.74) is 1.12. The molecule has 1 aromatic carbocycles. The Morgan fingerprint density at radius 2 is 2.16 bits per heavy atom. The molecule has 0 aliphatic heterocycles. The number of aryl methyl sites for hydroxylation is 1. The highest BCUT2D eigenvalue weighted by Gasteiger charge is 2.16. The van der Waals surface area contributed by atoms with Crippen molar-refractivity contribution in [2.45, 2.75) is 12.8 Å². The number of hydrogen-bond acceptors (Lipinski definition) is 3. The van der Waals surface area contributed by atoms with E-state index in [9.17, 15) is 13.6 Å². The quantitative estimate of drug-likeness (QED) is 0.608. The van der Waals surface area contributed by atoms with Gasteiger partial charge < -0.3 is 5.32 Å². The molecule has 1 unspecified atom stereocenters. The predicted octanol–water partition coefficient (Wildman–Crippen LogP) is 3.51. The topological polar surface area (TPSA) is 82.5 Å². The van der Waals surface area contributed by atoms with Crippen LogP contribution in [0.1, 0.15) is 12.0 Å². The Labute approximate surface area is 162 Å². The fourth-order valence-electron chi connectivity index (χ4n) is 2.16. The third kappa shape index (κ3) is 7.21. The van der Waals surface area contributed by atoms with Gasteiger partial charge in [0.1, 0.15) is 5.82 Å². The van der Waals surface area contributed by atoms with E-state index in [1.807, 2.05) is 24.3 Å². The molecule has 1 aromatic heterocycles. The molecule has 25 heavy (non-hydrogen) atoms. The average Bonchev–Trinajstić information content (AvgIpc) is 2.56. The molecular weight excluding hydrogens is 430 g/mol. The number of nitrogens with one attached hydrogen (secondary N) is 1. The lowest BCUT2D eigenvalue weighted by atomic mass is 10.1. The molecule has 0 aliphatic rings. The van der Waals surface area contributed by atoms with Crippen molar-refractivity contribution in [2.75, 3.05) is 18.4 Å². The van der Waals surface area contributed by atoms with Gasteiger partial charge in [0.15, 0.2) is 0 Å². The summed E-state index contributed by atoms with van der Waals surface area (Å²) in [6.45, 7) is 0.114. The highest BCUT2D eigenvalue weighted by Crippen LogP contribution is 2.13. The van der Waals surface area contributed by atoms with Gasteiger partial charge in [0.05, 0.1) is 11.6 Å². The minimum atomic E-state index is -2.23. The molecule has 2 aromatic rings. The van der Waals surface area contributed by atoms with Gasteiger partial charge in [0.25, 0.3) is 0 Å². The third-order valence-corrected chi connectivity index (χ3v) is 4.77. The van der Waals surface area contributed by atoms with Crippen molar-refractivity contribution in [2.24, 2.45) is 0 Å². The van der Waals surface area contributed by atoms with Crippen LogP contribution in [-0.4, -0.2) is 37.0 Å². The van der Waals surface area contributed by atoms with Gasteiger partial charge in [-0.2, -0.15) is 4.31 Å². The second kappa shape index (κ2) is 9.98. The van der Waals surface area contributed by atoms with Crippen molar-refractivity contribution < 1.29 is 13.6 Å². The van der Waals surface area contributed by atoms with E-state index in [2.05, 4.69) is 26.2 Å². The Hall–Kier alpha value is -1.32. The summed E-state index contributed by atoms with van der Waals surface area (Å²) < 4.78 is 23.0. The molecular formula is C16H17BrClN3O3S. The molecule has 1 heterocycles. The summed E-state index contributed by atoms with van der Waals surface area (Å²) in [5.74, 6) is -0.0770. The first-order valence-corrected chi connectivity index (χ1v) is 9.69. The summed E-state index contributed by atoms with van der Waals surface area (Å²) in [6.07, 6.45) is 2.81. The number of amides is 1. The maximum Gasteiger partial charge on any atom is 0.240 e. The number of anilines is 1. The minimum Gasteiger partial charge on any atom is -0.310 e. The Bertz CT molecular complexity index is 746. The van der Waals surface area contributed by atoms with Crippen molar-refractivity contribution in [3.05, 3.63) is 57.7 Å². The van der Waals surface area contributed by atoms with E-state index in [0.29, 0.717) is 23.8 Å². The van der Waals surface area contributed by atoms with E-state index in [1.165, 1.54) is 10.5 Å². The SMILES string of the molecule is O=C(CN(CCCc1cccc(Br)c1)S(=O)O)Nc1ccc(Cl)cn1. The highest BCUT2D eigenvalue weighted by atomic mass is 79.9. The van der Waals surface area contributed by atoms with E-state index in [-0.39, 0.29) is 6.54 Å². The summed E-state index contributed by atoms with van der Waals surface area (Å²) >= 11 is 6.91. The first-order valence-electron chi connectivity index (χ1n) is 7.46. The molecule has 1 amide bonds. The number of nitrogens with zero attached hydrogens (tertiary/aromatic N) is 2. The van der Waals surface area contributed by atoms with Crippen LogP contribution in [0, 0.1) is 0 Å². The van der Waals surface area contributed by atoms with Crippen LogP contribution in [0.2, 0.25) is 5.02 Å². The Kier molecular flexibility index (Phi) is 7.98. The molecule has 0 aliphatic carbocycles. The van der Waals surface area contributed by atoms with E-state index >= 15 is 0 Å². The average molecular weight is 447 g/mol. The maximum absolute atomic E-state index is 12.0. The van der Waals surface area contributed by atoms with Crippen LogP contribution in [0.4, 0.5) is 5.82 Å². The standard InChI is InChI=1S/C16H17BrClN3O3S/c17-13-5-1-3-12(9-13)4-2-8-21(25(23)24)11-16(22)20-15-7-6-14(18)10-19-15/h1,3,5-7,9-10H,2,4,8,11H2,(H,23,24)(H,19,20,22). The van der Waals surface area contributed by atoms with Crippen molar-refractivity contribution in [3.8, 4) is 0 Å². The summed E-state index contributed by atoms with van der Waals surface area (Å²) in [7, 11) is 0. The van der Waals surface area contributed by atoms with Crippen LogP contribution in [0.25, 0.3) is 0 Å². The Morgan fingerprint density at radius 3 is 2.80 bits per heavy atom. The van der Waals surface area contributed by atoms with Gasteiger partial charge in [-0.15, -0.1) is 0 Å².